The molecule has 2 rings (SSSR count). The smallest absolute Gasteiger partial charge is 0.0295 e. The Bertz CT molecular complexity index is 347. The molecule has 0 radical (unpaired) electrons. The molecule has 1 heterocycles. The third-order valence-electron chi connectivity index (χ3n) is 4.35. The molecule has 1 fully saturated rings. The van der Waals surface area contributed by atoms with Gasteiger partial charge in [-0.05, 0) is 49.3 Å². The van der Waals surface area contributed by atoms with Crippen molar-refractivity contribution in [2.45, 2.75) is 58.5 Å². The zero-order valence-corrected chi connectivity index (χ0v) is 11.9. The van der Waals surface area contributed by atoms with Crippen LogP contribution >= 0.6 is 0 Å². The molecule has 0 aliphatic heterocycles. The average molecular weight is 246 g/mol. The van der Waals surface area contributed by atoms with Gasteiger partial charge < -0.3 is 5.32 Å². The van der Waals surface area contributed by atoms with Gasteiger partial charge in [0.05, 0.1) is 0 Å². The van der Waals surface area contributed by atoms with Crippen LogP contribution in [0.4, 0.5) is 0 Å². The zero-order valence-electron chi connectivity index (χ0n) is 11.9. The van der Waals surface area contributed by atoms with Gasteiger partial charge in [0.1, 0.15) is 0 Å². The number of rotatable bonds is 4. The molecule has 0 aromatic carbocycles. The van der Waals surface area contributed by atoms with Gasteiger partial charge in [0, 0.05) is 24.5 Å². The lowest BCUT2D eigenvalue weighted by Crippen LogP contribution is -2.37. The Hall–Kier alpha value is -0.890. The van der Waals surface area contributed by atoms with Gasteiger partial charge >= 0.3 is 0 Å². The lowest BCUT2D eigenvalue weighted by atomic mass is 9.79. The van der Waals surface area contributed by atoms with Gasteiger partial charge in [-0.25, -0.2) is 0 Å². The summed E-state index contributed by atoms with van der Waals surface area (Å²) in [5.74, 6) is 1.73. The first-order valence-electron chi connectivity index (χ1n) is 7.32. The summed E-state index contributed by atoms with van der Waals surface area (Å²) >= 11 is 0. The van der Waals surface area contributed by atoms with Crippen LogP contribution in [0.25, 0.3) is 0 Å². The fourth-order valence-corrected chi connectivity index (χ4v) is 3.09. The van der Waals surface area contributed by atoms with Gasteiger partial charge in [0.15, 0.2) is 0 Å². The molecule has 1 aromatic rings. The maximum absolute atomic E-state index is 4.08. The highest BCUT2D eigenvalue weighted by Crippen LogP contribution is 2.31. The highest BCUT2D eigenvalue weighted by molar-refractivity contribution is 5.14. The van der Waals surface area contributed by atoms with Gasteiger partial charge in [0.2, 0.25) is 0 Å². The molecule has 100 valence electrons. The summed E-state index contributed by atoms with van der Waals surface area (Å²) in [4.78, 5) is 4.08. The maximum atomic E-state index is 4.08. The van der Waals surface area contributed by atoms with E-state index >= 15 is 0 Å². The first kappa shape index (κ1) is 13.5. The molecule has 2 unspecified atom stereocenters. The Labute approximate surface area is 111 Å². The van der Waals surface area contributed by atoms with Crippen molar-refractivity contribution in [2.24, 2.45) is 11.8 Å². The van der Waals surface area contributed by atoms with Crippen LogP contribution in [-0.4, -0.2) is 11.0 Å². The van der Waals surface area contributed by atoms with Gasteiger partial charge in [-0.15, -0.1) is 0 Å². The van der Waals surface area contributed by atoms with Crippen molar-refractivity contribution in [3.63, 3.8) is 0 Å². The minimum atomic E-state index is 0.434. The molecule has 0 saturated heterocycles. The fourth-order valence-electron chi connectivity index (χ4n) is 3.09. The zero-order chi connectivity index (χ0) is 13.0. The second-order valence-corrected chi connectivity index (χ2v) is 6.04. The lowest BCUT2D eigenvalue weighted by molar-refractivity contribution is 0.223. The first-order chi connectivity index (χ1) is 8.66. The largest absolute Gasteiger partial charge is 0.307 e. The van der Waals surface area contributed by atoms with E-state index in [1.54, 1.807) is 0 Å². The SMILES string of the molecule is CC(C)C1CCCC(N[C@H](C)c2ccncc2)C1. The van der Waals surface area contributed by atoms with Crippen LogP contribution in [0.1, 0.15) is 58.1 Å². The van der Waals surface area contributed by atoms with Crippen molar-refractivity contribution < 1.29 is 0 Å². The van der Waals surface area contributed by atoms with E-state index in [0.29, 0.717) is 12.1 Å². The van der Waals surface area contributed by atoms with Crippen molar-refractivity contribution in [1.82, 2.24) is 10.3 Å². The molecule has 2 heteroatoms. The Morgan fingerprint density at radius 2 is 1.89 bits per heavy atom. The molecule has 0 bridgehead atoms. The number of nitrogens with one attached hydrogen (secondary N) is 1. The van der Waals surface area contributed by atoms with Crippen molar-refractivity contribution in [2.75, 3.05) is 0 Å². The van der Waals surface area contributed by atoms with Gasteiger partial charge in [-0.2, -0.15) is 0 Å². The van der Waals surface area contributed by atoms with Gasteiger partial charge in [-0.3, -0.25) is 4.98 Å². The number of hydrogen-bond acceptors (Lipinski definition) is 2. The monoisotopic (exact) mass is 246 g/mol. The fraction of sp³-hybridized carbons (Fsp3) is 0.688. The van der Waals surface area contributed by atoms with Crippen molar-refractivity contribution in [3.8, 4) is 0 Å². The van der Waals surface area contributed by atoms with E-state index in [2.05, 4.69) is 43.2 Å². The topological polar surface area (TPSA) is 24.9 Å². The normalized spacial score (nSPS) is 26.2. The van der Waals surface area contributed by atoms with Crippen molar-refractivity contribution in [3.05, 3.63) is 30.1 Å². The van der Waals surface area contributed by atoms with Crippen molar-refractivity contribution in [1.29, 1.82) is 0 Å². The van der Waals surface area contributed by atoms with E-state index in [4.69, 9.17) is 0 Å². The molecule has 1 aliphatic carbocycles. The molecule has 3 atom stereocenters. The van der Waals surface area contributed by atoms with Crippen LogP contribution in [0, 0.1) is 11.8 Å². The standard InChI is InChI=1S/C16H26N2/c1-12(2)15-5-4-6-16(11-15)18-13(3)14-7-9-17-10-8-14/h7-10,12-13,15-16,18H,4-6,11H2,1-3H3/t13-,15?,16?/m1/s1. The molecule has 0 spiro atoms. The molecule has 1 N–H and O–H groups in total. The van der Waals surface area contributed by atoms with E-state index < -0.39 is 0 Å². The lowest BCUT2D eigenvalue weighted by Gasteiger charge is -2.34. The van der Waals surface area contributed by atoms with Crippen LogP contribution in [0.15, 0.2) is 24.5 Å². The number of hydrogen-bond donors (Lipinski definition) is 1. The summed E-state index contributed by atoms with van der Waals surface area (Å²) in [5, 5.41) is 3.79. The van der Waals surface area contributed by atoms with Crippen LogP contribution in [0.2, 0.25) is 0 Å². The summed E-state index contributed by atoms with van der Waals surface area (Å²) in [6.07, 6.45) is 9.23. The number of nitrogens with zero attached hydrogens (tertiary/aromatic N) is 1. The number of aromatic nitrogens is 1. The van der Waals surface area contributed by atoms with Gasteiger partial charge in [-0.1, -0.05) is 26.7 Å². The van der Waals surface area contributed by atoms with Gasteiger partial charge in [0.25, 0.3) is 0 Å². The summed E-state index contributed by atoms with van der Waals surface area (Å²) in [5.41, 5.74) is 1.34. The van der Waals surface area contributed by atoms with Crippen LogP contribution in [-0.2, 0) is 0 Å². The van der Waals surface area contributed by atoms with E-state index in [9.17, 15) is 0 Å². The summed E-state index contributed by atoms with van der Waals surface area (Å²) < 4.78 is 0. The van der Waals surface area contributed by atoms with Crippen LogP contribution in [0.3, 0.4) is 0 Å². The van der Waals surface area contributed by atoms with Crippen LogP contribution in [0.5, 0.6) is 0 Å². The molecule has 1 aromatic heterocycles. The van der Waals surface area contributed by atoms with E-state index in [1.807, 2.05) is 12.4 Å². The maximum Gasteiger partial charge on any atom is 0.0295 e. The molecular formula is C16H26N2. The Kier molecular flexibility index (Phi) is 4.76. The minimum absolute atomic E-state index is 0.434. The summed E-state index contributed by atoms with van der Waals surface area (Å²) in [6.45, 7) is 6.98. The molecule has 18 heavy (non-hydrogen) atoms. The molecule has 0 amide bonds. The molecular weight excluding hydrogens is 220 g/mol. The van der Waals surface area contributed by atoms with E-state index in [0.717, 1.165) is 11.8 Å². The summed E-state index contributed by atoms with van der Waals surface area (Å²) in [7, 11) is 0. The minimum Gasteiger partial charge on any atom is -0.307 e. The van der Waals surface area contributed by atoms with E-state index in [-0.39, 0.29) is 0 Å². The predicted octanol–water partition coefficient (Wildman–Crippen LogP) is 3.95. The number of pyridine rings is 1. The molecule has 1 saturated carbocycles. The first-order valence-corrected chi connectivity index (χ1v) is 7.32. The second kappa shape index (κ2) is 6.33. The second-order valence-electron chi connectivity index (χ2n) is 6.04. The highest BCUT2D eigenvalue weighted by atomic mass is 14.9. The Balaban J connectivity index is 1.89. The Morgan fingerprint density at radius 1 is 1.17 bits per heavy atom. The quantitative estimate of drug-likeness (QED) is 0.870. The summed E-state index contributed by atoms with van der Waals surface area (Å²) in [6, 6.07) is 5.35. The van der Waals surface area contributed by atoms with Crippen LogP contribution < -0.4 is 5.32 Å². The molecule has 1 aliphatic rings. The highest BCUT2D eigenvalue weighted by Gasteiger charge is 2.24. The third kappa shape index (κ3) is 3.55. The molecule has 2 nitrogen and oxygen atoms in total. The van der Waals surface area contributed by atoms with E-state index in [1.165, 1.54) is 31.2 Å². The third-order valence-corrected chi connectivity index (χ3v) is 4.35. The average Bonchev–Trinajstić information content (AvgIpc) is 2.40. The Morgan fingerprint density at radius 3 is 2.56 bits per heavy atom. The predicted molar refractivity (Wildman–Crippen MR) is 76.4 cm³/mol. The van der Waals surface area contributed by atoms with Crippen molar-refractivity contribution >= 4 is 0 Å².